The van der Waals surface area contributed by atoms with Crippen LogP contribution in [0, 0.1) is 0 Å². The van der Waals surface area contributed by atoms with Crippen molar-refractivity contribution in [1.29, 1.82) is 0 Å². The van der Waals surface area contributed by atoms with Gasteiger partial charge in [-0.3, -0.25) is 4.79 Å². The Balaban J connectivity index is 1.35. The van der Waals surface area contributed by atoms with Crippen LogP contribution in [0.5, 0.6) is 11.5 Å². The van der Waals surface area contributed by atoms with E-state index in [0.29, 0.717) is 22.7 Å². The lowest BCUT2D eigenvalue weighted by atomic mass is 10.2. The van der Waals surface area contributed by atoms with Crippen molar-refractivity contribution in [3.05, 3.63) is 109 Å². The van der Waals surface area contributed by atoms with E-state index in [1.54, 1.807) is 35.3 Å². The molecule has 2 heterocycles. The van der Waals surface area contributed by atoms with Crippen LogP contribution in [0.1, 0.15) is 16.1 Å². The monoisotopic (exact) mass is 421 g/mol. The van der Waals surface area contributed by atoms with Gasteiger partial charge in [-0.15, -0.1) is 0 Å². The highest BCUT2D eigenvalue weighted by molar-refractivity contribution is 6.04. The van der Waals surface area contributed by atoms with E-state index in [9.17, 15) is 4.79 Å². The molecule has 0 bridgehead atoms. The molecule has 1 N–H and O–H groups in total. The summed E-state index contributed by atoms with van der Waals surface area (Å²) in [5.74, 6) is 1.86. The molecule has 32 heavy (non-hydrogen) atoms. The average Bonchev–Trinajstić information content (AvgIpc) is 3.48. The second-order valence-electron chi connectivity index (χ2n) is 7.09. The minimum absolute atomic E-state index is 0.170. The summed E-state index contributed by atoms with van der Waals surface area (Å²) in [6.45, 7) is 0. The molecule has 6 nitrogen and oxygen atoms in total. The maximum absolute atomic E-state index is 12.4. The quantitative estimate of drug-likeness (QED) is 0.349. The molecule has 5 aromatic rings. The van der Waals surface area contributed by atoms with Gasteiger partial charge in [0.1, 0.15) is 17.3 Å². The largest absolute Gasteiger partial charge is 0.465 e. The third-order valence-corrected chi connectivity index (χ3v) is 4.86. The van der Waals surface area contributed by atoms with Crippen LogP contribution >= 0.6 is 0 Å². The molecule has 5 rings (SSSR count). The highest BCUT2D eigenvalue weighted by Crippen LogP contribution is 2.28. The number of nitrogens with zero attached hydrogens (tertiary/aromatic N) is 2. The van der Waals surface area contributed by atoms with E-state index in [1.807, 2.05) is 79.0 Å². The van der Waals surface area contributed by atoms with Crippen molar-refractivity contribution in [2.45, 2.75) is 0 Å². The zero-order valence-corrected chi connectivity index (χ0v) is 17.0. The van der Waals surface area contributed by atoms with Gasteiger partial charge in [0.15, 0.2) is 0 Å². The Morgan fingerprint density at radius 3 is 2.66 bits per heavy atom. The number of aromatic nitrogens is 2. The van der Waals surface area contributed by atoms with Gasteiger partial charge >= 0.3 is 0 Å². The molecule has 0 saturated heterocycles. The first-order valence-corrected chi connectivity index (χ1v) is 10.1. The van der Waals surface area contributed by atoms with Crippen molar-refractivity contribution in [2.75, 3.05) is 5.32 Å². The van der Waals surface area contributed by atoms with Crippen molar-refractivity contribution < 1.29 is 13.9 Å². The fourth-order valence-corrected chi connectivity index (χ4v) is 3.30. The Labute approximate surface area is 184 Å². The molecule has 0 radical (unpaired) electrons. The SMILES string of the molecule is O=C(Nc1cccc(Oc2ccc3cnn(C=Cc4ccco4)c3c2)c1)c1ccccc1. The van der Waals surface area contributed by atoms with Crippen molar-refractivity contribution in [3.63, 3.8) is 0 Å². The topological polar surface area (TPSA) is 69.3 Å². The second kappa shape index (κ2) is 8.65. The predicted octanol–water partition coefficient (Wildman–Crippen LogP) is 6.30. The lowest BCUT2D eigenvalue weighted by Crippen LogP contribution is -2.11. The summed E-state index contributed by atoms with van der Waals surface area (Å²) in [6, 6.07) is 25.9. The van der Waals surface area contributed by atoms with Crippen LogP contribution in [-0.4, -0.2) is 15.7 Å². The smallest absolute Gasteiger partial charge is 0.255 e. The van der Waals surface area contributed by atoms with E-state index in [1.165, 1.54) is 0 Å². The fourth-order valence-electron chi connectivity index (χ4n) is 3.30. The molecule has 1 amide bonds. The molecule has 0 spiro atoms. The number of amides is 1. The van der Waals surface area contributed by atoms with Crippen LogP contribution in [0.3, 0.4) is 0 Å². The first kappa shape index (κ1) is 19.4. The minimum atomic E-state index is -0.170. The average molecular weight is 421 g/mol. The number of anilines is 1. The molecule has 0 unspecified atom stereocenters. The predicted molar refractivity (Wildman–Crippen MR) is 125 cm³/mol. The van der Waals surface area contributed by atoms with Gasteiger partial charge in [-0.25, -0.2) is 4.68 Å². The maximum Gasteiger partial charge on any atom is 0.255 e. The number of fused-ring (bicyclic) bond motifs is 1. The van der Waals surface area contributed by atoms with Gasteiger partial charge in [0.25, 0.3) is 5.91 Å². The third-order valence-electron chi connectivity index (χ3n) is 4.86. The summed E-state index contributed by atoms with van der Waals surface area (Å²) in [6.07, 6.45) is 7.11. The molecule has 2 aromatic heterocycles. The summed E-state index contributed by atoms with van der Waals surface area (Å²) >= 11 is 0. The van der Waals surface area contributed by atoms with Gasteiger partial charge in [-0.2, -0.15) is 5.10 Å². The van der Waals surface area contributed by atoms with E-state index in [-0.39, 0.29) is 5.91 Å². The van der Waals surface area contributed by atoms with Crippen LogP contribution in [0.2, 0.25) is 0 Å². The molecular formula is C26H19N3O3. The number of ether oxygens (including phenoxy) is 1. The molecule has 0 atom stereocenters. The summed E-state index contributed by atoms with van der Waals surface area (Å²) in [4.78, 5) is 12.4. The Bertz CT molecular complexity index is 1390. The molecule has 156 valence electrons. The highest BCUT2D eigenvalue weighted by atomic mass is 16.5. The summed E-state index contributed by atoms with van der Waals surface area (Å²) in [5, 5.41) is 8.29. The fraction of sp³-hybridized carbons (Fsp3) is 0. The van der Waals surface area contributed by atoms with Crippen LogP contribution in [0.4, 0.5) is 5.69 Å². The lowest BCUT2D eigenvalue weighted by Gasteiger charge is -2.09. The molecule has 0 saturated carbocycles. The van der Waals surface area contributed by atoms with E-state index in [0.717, 1.165) is 16.7 Å². The van der Waals surface area contributed by atoms with E-state index in [4.69, 9.17) is 9.15 Å². The zero-order chi connectivity index (χ0) is 21.8. The van der Waals surface area contributed by atoms with Gasteiger partial charge in [-0.1, -0.05) is 24.3 Å². The van der Waals surface area contributed by atoms with E-state index < -0.39 is 0 Å². The first-order valence-electron chi connectivity index (χ1n) is 10.1. The molecule has 0 aliphatic heterocycles. The van der Waals surface area contributed by atoms with E-state index in [2.05, 4.69) is 10.4 Å². The summed E-state index contributed by atoms with van der Waals surface area (Å²) in [7, 11) is 0. The maximum atomic E-state index is 12.4. The summed E-state index contributed by atoms with van der Waals surface area (Å²) in [5.41, 5.74) is 2.16. The molecule has 0 fully saturated rings. The first-order chi connectivity index (χ1) is 15.7. The van der Waals surface area contributed by atoms with Crippen molar-refractivity contribution in [3.8, 4) is 11.5 Å². The van der Waals surface area contributed by atoms with E-state index >= 15 is 0 Å². The third kappa shape index (κ3) is 4.29. The van der Waals surface area contributed by atoms with Crippen molar-refractivity contribution >= 4 is 34.8 Å². The second-order valence-corrected chi connectivity index (χ2v) is 7.09. The molecule has 0 aliphatic rings. The molecular weight excluding hydrogens is 402 g/mol. The normalized spacial score (nSPS) is 11.1. The number of carbonyl (C=O) groups is 1. The van der Waals surface area contributed by atoms with Crippen molar-refractivity contribution in [2.24, 2.45) is 0 Å². The Morgan fingerprint density at radius 1 is 0.938 bits per heavy atom. The van der Waals surface area contributed by atoms with Gasteiger partial charge in [-0.05, 0) is 54.6 Å². The number of rotatable bonds is 6. The molecule has 0 aliphatic carbocycles. The standard InChI is InChI=1S/C26H19N3O3/c30-26(19-6-2-1-3-7-19)28-21-8-4-9-23(16-21)32-24-12-11-20-18-27-29(25(20)17-24)14-13-22-10-5-15-31-22/h1-18H,(H,28,30). The minimum Gasteiger partial charge on any atom is -0.465 e. The zero-order valence-electron chi connectivity index (χ0n) is 17.0. The number of carbonyl (C=O) groups excluding carboxylic acids is 1. The number of hydrogen-bond acceptors (Lipinski definition) is 4. The van der Waals surface area contributed by atoms with Crippen LogP contribution in [0.15, 0.2) is 102 Å². The summed E-state index contributed by atoms with van der Waals surface area (Å²) < 4.78 is 13.2. The van der Waals surface area contributed by atoms with Gasteiger partial charge in [0.05, 0.1) is 18.0 Å². The van der Waals surface area contributed by atoms with Gasteiger partial charge < -0.3 is 14.5 Å². The van der Waals surface area contributed by atoms with Crippen molar-refractivity contribution in [1.82, 2.24) is 9.78 Å². The Hall–Kier alpha value is -4.58. The number of nitrogens with one attached hydrogen (secondary N) is 1. The Kier molecular flexibility index (Phi) is 5.24. The Morgan fingerprint density at radius 2 is 1.81 bits per heavy atom. The van der Waals surface area contributed by atoms with Gasteiger partial charge in [0, 0.05) is 35.0 Å². The van der Waals surface area contributed by atoms with Crippen LogP contribution in [0.25, 0.3) is 23.2 Å². The van der Waals surface area contributed by atoms with Gasteiger partial charge in [0.2, 0.25) is 0 Å². The molecule has 6 heteroatoms. The van der Waals surface area contributed by atoms with Crippen LogP contribution in [-0.2, 0) is 0 Å². The number of hydrogen-bond donors (Lipinski definition) is 1. The number of benzene rings is 3. The van der Waals surface area contributed by atoms with Crippen LogP contribution < -0.4 is 10.1 Å². The number of furan rings is 1. The molecule has 3 aromatic carbocycles. The highest BCUT2D eigenvalue weighted by Gasteiger charge is 2.08. The lowest BCUT2D eigenvalue weighted by molar-refractivity contribution is 0.102.